The van der Waals surface area contributed by atoms with Gasteiger partial charge in [0.05, 0.1) is 0 Å². The lowest BCUT2D eigenvalue weighted by atomic mass is 10.2. The predicted molar refractivity (Wildman–Crippen MR) is 91.6 cm³/mol. The Labute approximate surface area is 132 Å². The molecule has 22 heavy (non-hydrogen) atoms. The number of benzene rings is 2. The first kappa shape index (κ1) is 14.7. The Balaban J connectivity index is 2.00. The Morgan fingerprint density at radius 2 is 1.45 bits per heavy atom. The fraction of sp³-hybridized carbons (Fsp3) is 0.263. The summed E-state index contributed by atoms with van der Waals surface area (Å²) < 4.78 is 6.07. The van der Waals surface area contributed by atoms with Crippen molar-refractivity contribution in [2.24, 2.45) is 0 Å². The topological polar surface area (TPSA) is 15.7 Å². The zero-order valence-corrected chi connectivity index (χ0v) is 13.1. The molecule has 0 saturated carbocycles. The van der Waals surface area contributed by atoms with Crippen molar-refractivity contribution in [3.63, 3.8) is 0 Å². The standard InChI is InChI=1S/C19H22N2O/c1-3-16-15-20(17-11-7-5-8-12-17)19(22-4-2)21(16)18-13-9-6-10-14-18/h5-15,19H,3-4H2,1-2H3. The summed E-state index contributed by atoms with van der Waals surface area (Å²) in [5.41, 5.74) is 3.56. The highest BCUT2D eigenvalue weighted by molar-refractivity contribution is 5.62. The number of para-hydroxylation sites is 2. The quantitative estimate of drug-likeness (QED) is 0.802. The summed E-state index contributed by atoms with van der Waals surface area (Å²) in [5.74, 6) is 0. The van der Waals surface area contributed by atoms with Crippen LogP contribution in [0.2, 0.25) is 0 Å². The van der Waals surface area contributed by atoms with Gasteiger partial charge in [-0.05, 0) is 37.6 Å². The van der Waals surface area contributed by atoms with E-state index in [0.29, 0.717) is 6.61 Å². The van der Waals surface area contributed by atoms with Crippen LogP contribution in [0.4, 0.5) is 11.4 Å². The van der Waals surface area contributed by atoms with E-state index >= 15 is 0 Å². The molecule has 2 aromatic carbocycles. The van der Waals surface area contributed by atoms with Crippen molar-refractivity contribution in [2.75, 3.05) is 16.4 Å². The molecule has 3 rings (SSSR count). The fourth-order valence-corrected chi connectivity index (χ4v) is 2.80. The maximum Gasteiger partial charge on any atom is 0.218 e. The summed E-state index contributed by atoms with van der Waals surface area (Å²) >= 11 is 0. The molecular weight excluding hydrogens is 272 g/mol. The van der Waals surface area contributed by atoms with E-state index < -0.39 is 0 Å². The van der Waals surface area contributed by atoms with Gasteiger partial charge in [-0.1, -0.05) is 43.3 Å². The highest BCUT2D eigenvalue weighted by Crippen LogP contribution is 2.34. The maximum atomic E-state index is 6.07. The smallest absolute Gasteiger partial charge is 0.218 e. The molecule has 1 unspecified atom stereocenters. The second-order valence-corrected chi connectivity index (χ2v) is 5.20. The fourth-order valence-electron chi connectivity index (χ4n) is 2.80. The molecule has 1 heterocycles. The zero-order valence-electron chi connectivity index (χ0n) is 13.1. The van der Waals surface area contributed by atoms with Crippen LogP contribution in [0.5, 0.6) is 0 Å². The molecule has 0 saturated heterocycles. The molecule has 0 spiro atoms. The molecule has 0 amide bonds. The van der Waals surface area contributed by atoms with Crippen LogP contribution in [0.15, 0.2) is 72.6 Å². The van der Waals surface area contributed by atoms with Gasteiger partial charge in [0.1, 0.15) is 0 Å². The summed E-state index contributed by atoms with van der Waals surface area (Å²) in [7, 11) is 0. The first-order valence-corrected chi connectivity index (χ1v) is 7.85. The van der Waals surface area contributed by atoms with Gasteiger partial charge in [-0.3, -0.25) is 4.90 Å². The molecular formula is C19H22N2O. The predicted octanol–water partition coefficient (Wildman–Crippen LogP) is 4.58. The van der Waals surface area contributed by atoms with Crippen LogP contribution in [0, 0.1) is 0 Å². The van der Waals surface area contributed by atoms with Crippen LogP contribution in [0.3, 0.4) is 0 Å². The lowest BCUT2D eigenvalue weighted by molar-refractivity contribution is 0.0740. The average Bonchev–Trinajstić information content (AvgIpc) is 2.95. The monoisotopic (exact) mass is 294 g/mol. The Bertz CT molecular complexity index is 624. The van der Waals surface area contributed by atoms with Crippen molar-refractivity contribution in [3.8, 4) is 0 Å². The molecule has 0 fully saturated rings. The Morgan fingerprint density at radius 3 is 2.00 bits per heavy atom. The second kappa shape index (κ2) is 6.67. The van der Waals surface area contributed by atoms with E-state index in [9.17, 15) is 0 Å². The molecule has 0 N–H and O–H groups in total. The molecule has 0 radical (unpaired) electrons. The summed E-state index contributed by atoms with van der Waals surface area (Å²) in [6.07, 6.45) is 3.02. The van der Waals surface area contributed by atoms with Gasteiger partial charge in [0.25, 0.3) is 0 Å². The van der Waals surface area contributed by atoms with E-state index in [1.54, 1.807) is 0 Å². The maximum absolute atomic E-state index is 6.07. The first-order valence-electron chi connectivity index (χ1n) is 7.85. The molecule has 0 aromatic heterocycles. The van der Waals surface area contributed by atoms with Crippen molar-refractivity contribution in [1.29, 1.82) is 0 Å². The molecule has 3 nitrogen and oxygen atoms in total. The van der Waals surface area contributed by atoms with Crippen molar-refractivity contribution in [1.82, 2.24) is 0 Å². The van der Waals surface area contributed by atoms with Crippen LogP contribution in [0.1, 0.15) is 20.3 Å². The minimum atomic E-state index is -0.134. The van der Waals surface area contributed by atoms with Gasteiger partial charge >= 0.3 is 0 Å². The van der Waals surface area contributed by atoms with E-state index in [-0.39, 0.29) is 6.35 Å². The molecule has 1 aliphatic heterocycles. The summed E-state index contributed by atoms with van der Waals surface area (Å²) in [6.45, 7) is 4.89. The van der Waals surface area contributed by atoms with E-state index in [1.807, 2.05) is 19.1 Å². The van der Waals surface area contributed by atoms with E-state index in [4.69, 9.17) is 4.74 Å². The number of hydrogen-bond acceptors (Lipinski definition) is 3. The SMILES string of the molecule is CCOC1N(c2ccccc2)C=C(CC)N1c1ccccc1. The summed E-state index contributed by atoms with van der Waals surface area (Å²) in [4.78, 5) is 4.48. The third kappa shape index (κ3) is 2.72. The van der Waals surface area contributed by atoms with Gasteiger partial charge in [-0.15, -0.1) is 0 Å². The Kier molecular flexibility index (Phi) is 4.45. The molecule has 0 bridgehead atoms. The molecule has 1 atom stereocenters. The summed E-state index contributed by atoms with van der Waals surface area (Å²) in [5, 5.41) is 0. The van der Waals surface area contributed by atoms with Crippen LogP contribution >= 0.6 is 0 Å². The molecule has 2 aromatic rings. The summed E-state index contributed by atoms with van der Waals surface area (Å²) in [6, 6.07) is 20.8. The zero-order chi connectivity index (χ0) is 15.4. The highest BCUT2D eigenvalue weighted by Gasteiger charge is 2.33. The normalized spacial score (nSPS) is 17.7. The van der Waals surface area contributed by atoms with Crippen molar-refractivity contribution < 1.29 is 4.74 Å². The van der Waals surface area contributed by atoms with E-state index in [2.05, 4.69) is 71.5 Å². The van der Waals surface area contributed by atoms with Crippen LogP contribution < -0.4 is 9.80 Å². The van der Waals surface area contributed by atoms with Gasteiger partial charge in [-0.25, -0.2) is 0 Å². The molecule has 114 valence electrons. The Morgan fingerprint density at radius 1 is 0.864 bits per heavy atom. The lowest BCUT2D eigenvalue weighted by Gasteiger charge is -2.33. The molecule has 3 heteroatoms. The van der Waals surface area contributed by atoms with E-state index in [0.717, 1.165) is 17.8 Å². The Hall–Kier alpha value is -2.26. The average molecular weight is 294 g/mol. The van der Waals surface area contributed by atoms with Gasteiger partial charge in [-0.2, -0.15) is 0 Å². The van der Waals surface area contributed by atoms with Gasteiger partial charge < -0.3 is 9.64 Å². The van der Waals surface area contributed by atoms with Crippen molar-refractivity contribution >= 4 is 11.4 Å². The number of hydrogen-bond donors (Lipinski definition) is 0. The number of anilines is 2. The third-order valence-corrected chi connectivity index (χ3v) is 3.82. The van der Waals surface area contributed by atoms with Crippen molar-refractivity contribution in [3.05, 3.63) is 72.6 Å². The molecule has 0 aliphatic carbocycles. The minimum absolute atomic E-state index is 0.134. The number of nitrogens with zero attached hydrogens (tertiary/aromatic N) is 2. The lowest BCUT2D eigenvalue weighted by Crippen LogP contribution is -2.42. The third-order valence-electron chi connectivity index (χ3n) is 3.82. The van der Waals surface area contributed by atoms with Crippen LogP contribution in [-0.4, -0.2) is 13.0 Å². The van der Waals surface area contributed by atoms with Crippen molar-refractivity contribution in [2.45, 2.75) is 26.6 Å². The first-order chi connectivity index (χ1) is 10.8. The van der Waals surface area contributed by atoms with Gasteiger partial charge in [0, 0.05) is 29.9 Å². The number of ether oxygens (including phenoxy) is 1. The largest absolute Gasteiger partial charge is 0.340 e. The van der Waals surface area contributed by atoms with Gasteiger partial charge in [0.2, 0.25) is 6.35 Å². The number of allylic oxidation sites excluding steroid dienone is 1. The van der Waals surface area contributed by atoms with E-state index in [1.165, 1.54) is 5.70 Å². The highest BCUT2D eigenvalue weighted by atomic mass is 16.5. The van der Waals surface area contributed by atoms with Gasteiger partial charge in [0.15, 0.2) is 0 Å². The molecule has 1 aliphatic rings. The minimum Gasteiger partial charge on any atom is -0.340 e. The van der Waals surface area contributed by atoms with Crippen LogP contribution in [0.25, 0.3) is 0 Å². The van der Waals surface area contributed by atoms with Crippen LogP contribution in [-0.2, 0) is 4.74 Å². The number of rotatable bonds is 5. The second-order valence-electron chi connectivity index (χ2n) is 5.20.